The fourth-order valence-electron chi connectivity index (χ4n) is 4.08. The number of nitrogens with zero attached hydrogens (tertiary/aromatic N) is 1. The first-order valence-corrected chi connectivity index (χ1v) is 8.69. The second-order valence-electron chi connectivity index (χ2n) is 7.19. The predicted molar refractivity (Wildman–Crippen MR) is 87.8 cm³/mol. The van der Waals surface area contributed by atoms with Gasteiger partial charge in [0, 0.05) is 18.7 Å². The highest BCUT2D eigenvalue weighted by atomic mass is 16.3. The molecule has 1 aromatic rings. The number of aromatic hydroxyl groups is 1. The van der Waals surface area contributed by atoms with Gasteiger partial charge in [0.2, 0.25) is 0 Å². The molecule has 1 aliphatic carbocycles. The molecular formula is C19H27NO2. The minimum absolute atomic E-state index is 0.0925. The quantitative estimate of drug-likeness (QED) is 0.905. The third kappa shape index (κ3) is 2.99. The molecule has 1 aromatic carbocycles. The molecule has 1 aliphatic heterocycles. The van der Waals surface area contributed by atoms with Crippen molar-refractivity contribution in [3.8, 4) is 5.75 Å². The van der Waals surface area contributed by atoms with Crippen molar-refractivity contribution in [2.24, 2.45) is 17.8 Å². The van der Waals surface area contributed by atoms with Crippen molar-refractivity contribution in [1.29, 1.82) is 0 Å². The van der Waals surface area contributed by atoms with Gasteiger partial charge < -0.3 is 10.0 Å². The smallest absolute Gasteiger partial charge is 0.254 e. The number of phenolic OH excluding ortho intramolecular Hbond substituents is 1. The molecule has 1 atom stereocenters. The maximum atomic E-state index is 12.5. The number of amides is 1. The fraction of sp³-hybridized carbons (Fsp3) is 0.632. The van der Waals surface area contributed by atoms with Gasteiger partial charge in [0.05, 0.1) is 0 Å². The number of rotatable bonds is 4. The molecule has 1 heterocycles. The molecule has 3 nitrogen and oxygen atoms in total. The molecule has 3 rings (SSSR count). The Labute approximate surface area is 133 Å². The summed E-state index contributed by atoms with van der Waals surface area (Å²) in [6.45, 7) is 6.24. The molecule has 1 fully saturated rings. The van der Waals surface area contributed by atoms with Gasteiger partial charge in [-0.3, -0.25) is 4.79 Å². The maximum Gasteiger partial charge on any atom is 0.254 e. The van der Waals surface area contributed by atoms with Crippen LogP contribution in [0.2, 0.25) is 0 Å². The molecule has 3 heteroatoms. The fourth-order valence-corrected chi connectivity index (χ4v) is 4.08. The van der Waals surface area contributed by atoms with E-state index in [1.54, 1.807) is 12.1 Å². The summed E-state index contributed by atoms with van der Waals surface area (Å²) in [6, 6.07) is 5.16. The molecule has 2 aliphatic rings. The summed E-state index contributed by atoms with van der Waals surface area (Å²) in [5, 5.41) is 9.56. The first-order chi connectivity index (χ1) is 10.6. The van der Waals surface area contributed by atoms with Crippen molar-refractivity contribution in [2.75, 3.05) is 6.54 Å². The Balaban J connectivity index is 1.57. The largest absolute Gasteiger partial charge is 0.508 e. The summed E-state index contributed by atoms with van der Waals surface area (Å²) < 4.78 is 0. The minimum Gasteiger partial charge on any atom is -0.508 e. The summed E-state index contributed by atoms with van der Waals surface area (Å²) in [4.78, 5) is 14.4. The van der Waals surface area contributed by atoms with E-state index >= 15 is 0 Å². The molecule has 1 amide bonds. The summed E-state index contributed by atoms with van der Waals surface area (Å²) in [5.41, 5.74) is 1.74. The van der Waals surface area contributed by atoms with Crippen molar-refractivity contribution in [2.45, 2.75) is 52.5 Å². The summed E-state index contributed by atoms with van der Waals surface area (Å²) in [7, 11) is 0. The van der Waals surface area contributed by atoms with E-state index in [0.717, 1.165) is 23.9 Å². The van der Waals surface area contributed by atoms with Crippen LogP contribution in [0.5, 0.6) is 5.75 Å². The molecule has 0 aromatic heterocycles. The van der Waals surface area contributed by atoms with Crippen molar-refractivity contribution >= 4 is 5.91 Å². The molecular weight excluding hydrogens is 274 g/mol. The highest BCUT2D eigenvalue weighted by Crippen LogP contribution is 2.36. The van der Waals surface area contributed by atoms with Crippen LogP contribution >= 0.6 is 0 Å². The van der Waals surface area contributed by atoms with Gasteiger partial charge in [0.1, 0.15) is 5.75 Å². The number of benzene rings is 1. The van der Waals surface area contributed by atoms with E-state index < -0.39 is 0 Å². The minimum atomic E-state index is 0.0925. The third-order valence-corrected chi connectivity index (χ3v) is 5.79. The zero-order valence-corrected chi connectivity index (χ0v) is 13.7. The van der Waals surface area contributed by atoms with E-state index in [2.05, 4.69) is 13.8 Å². The number of carbonyl (C=O) groups is 1. The third-order valence-electron chi connectivity index (χ3n) is 5.79. The van der Waals surface area contributed by atoms with E-state index in [1.807, 2.05) is 11.0 Å². The number of carbonyl (C=O) groups excluding carboxylic acids is 1. The Hall–Kier alpha value is -1.51. The van der Waals surface area contributed by atoms with E-state index in [4.69, 9.17) is 0 Å². The summed E-state index contributed by atoms with van der Waals surface area (Å²) >= 11 is 0. The monoisotopic (exact) mass is 301 g/mol. The van der Waals surface area contributed by atoms with E-state index in [9.17, 15) is 9.90 Å². The van der Waals surface area contributed by atoms with Crippen LogP contribution in [0.1, 0.15) is 61.9 Å². The summed E-state index contributed by atoms with van der Waals surface area (Å²) in [6.07, 6.45) is 6.41. The van der Waals surface area contributed by atoms with Crippen LogP contribution < -0.4 is 0 Å². The van der Waals surface area contributed by atoms with Crippen LogP contribution in [-0.4, -0.2) is 22.5 Å². The Morgan fingerprint density at radius 2 is 2.00 bits per heavy atom. The molecule has 0 saturated heterocycles. The van der Waals surface area contributed by atoms with Crippen LogP contribution in [0.25, 0.3) is 0 Å². The Kier molecular flexibility index (Phi) is 4.42. The van der Waals surface area contributed by atoms with Gasteiger partial charge >= 0.3 is 0 Å². The van der Waals surface area contributed by atoms with Crippen LogP contribution in [0.4, 0.5) is 0 Å². The van der Waals surface area contributed by atoms with Gasteiger partial charge in [0.25, 0.3) is 5.91 Å². The van der Waals surface area contributed by atoms with Crippen molar-refractivity contribution in [3.63, 3.8) is 0 Å². The molecule has 0 radical (unpaired) electrons. The number of phenols is 1. The summed E-state index contributed by atoms with van der Waals surface area (Å²) in [5.74, 6) is 2.64. The van der Waals surface area contributed by atoms with E-state index in [-0.39, 0.29) is 11.7 Å². The lowest BCUT2D eigenvalue weighted by molar-refractivity contribution is 0.0721. The van der Waals surface area contributed by atoms with E-state index in [1.165, 1.54) is 32.1 Å². The van der Waals surface area contributed by atoms with Gasteiger partial charge in [-0.15, -0.1) is 0 Å². The van der Waals surface area contributed by atoms with Crippen LogP contribution in [0, 0.1) is 17.8 Å². The lowest BCUT2D eigenvalue weighted by atomic mass is 9.75. The molecule has 22 heavy (non-hydrogen) atoms. The van der Waals surface area contributed by atoms with Crippen molar-refractivity contribution in [1.82, 2.24) is 4.90 Å². The Bertz CT molecular complexity index is 546. The van der Waals surface area contributed by atoms with Crippen LogP contribution in [-0.2, 0) is 6.54 Å². The first kappa shape index (κ1) is 15.4. The second kappa shape index (κ2) is 6.31. The molecule has 1 saturated carbocycles. The van der Waals surface area contributed by atoms with Gasteiger partial charge in [-0.1, -0.05) is 26.3 Å². The van der Waals surface area contributed by atoms with Gasteiger partial charge in [-0.05, 0) is 61.1 Å². The highest BCUT2D eigenvalue weighted by Gasteiger charge is 2.31. The maximum absolute atomic E-state index is 12.5. The van der Waals surface area contributed by atoms with Crippen molar-refractivity contribution in [3.05, 3.63) is 29.3 Å². The zero-order valence-electron chi connectivity index (χ0n) is 13.7. The Morgan fingerprint density at radius 3 is 2.68 bits per heavy atom. The van der Waals surface area contributed by atoms with Gasteiger partial charge in [-0.2, -0.15) is 0 Å². The SMILES string of the molecule is CCC(C)C1CCC(CN2Cc3ccc(O)cc3C2=O)CC1. The number of fused-ring (bicyclic) bond motifs is 1. The van der Waals surface area contributed by atoms with Gasteiger partial charge in [-0.25, -0.2) is 0 Å². The number of hydrogen-bond donors (Lipinski definition) is 1. The lowest BCUT2D eigenvalue weighted by Crippen LogP contribution is -2.32. The van der Waals surface area contributed by atoms with E-state index in [0.29, 0.717) is 18.0 Å². The van der Waals surface area contributed by atoms with Gasteiger partial charge in [0.15, 0.2) is 0 Å². The second-order valence-corrected chi connectivity index (χ2v) is 7.19. The molecule has 0 spiro atoms. The molecule has 1 N–H and O–H groups in total. The first-order valence-electron chi connectivity index (χ1n) is 8.69. The zero-order chi connectivity index (χ0) is 15.7. The Morgan fingerprint density at radius 1 is 1.27 bits per heavy atom. The average molecular weight is 301 g/mol. The molecule has 1 unspecified atom stereocenters. The van der Waals surface area contributed by atoms with Crippen LogP contribution in [0.3, 0.4) is 0 Å². The standard InChI is InChI=1S/C19H27NO2/c1-3-13(2)15-6-4-14(5-7-15)11-20-12-16-8-9-17(21)10-18(16)19(20)22/h8-10,13-15,21H,3-7,11-12H2,1-2H3. The molecule has 120 valence electrons. The normalized spacial score (nSPS) is 26.1. The van der Waals surface area contributed by atoms with Crippen molar-refractivity contribution < 1.29 is 9.90 Å². The highest BCUT2D eigenvalue weighted by molar-refractivity contribution is 5.98. The lowest BCUT2D eigenvalue weighted by Gasteiger charge is -2.33. The predicted octanol–water partition coefficient (Wildman–Crippen LogP) is 4.20. The molecule has 0 bridgehead atoms. The average Bonchev–Trinajstić information content (AvgIpc) is 2.83. The number of hydrogen-bond acceptors (Lipinski definition) is 2. The van der Waals surface area contributed by atoms with Crippen LogP contribution in [0.15, 0.2) is 18.2 Å². The topological polar surface area (TPSA) is 40.5 Å².